The molecule has 0 fully saturated rings. The van der Waals surface area contributed by atoms with Crippen LogP contribution in [0.1, 0.15) is 31.1 Å². The van der Waals surface area contributed by atoms with E-state index in [-0.39, 0.29) is 11.0 Å². The van der Waals surface area contributed by atoms with Crippen LogP contribution in [0.25, 0.3) is 0 Å². The number of carboxylic acids is 1. The Morgan fingerprint density at radius 2 is 1.88 bits per heavy atom. The summed E-state index contributed by atoms with van der Waals surface area (Å²) < 4.78 is 0. The molecule has 1 N–H and O–H groups in total. The zero-order valence-electron chi connectivity index (χ0n) is 10.1. The number of anilines is 1. The first kappa shape index (κ1) is 12.4. The standard InChI is InChI=1S/C11H17N3O2/c1-11(2,3)7-14(4)10-12-5-8(6-13-10)9(15)16/h5-6H,7H2,1-4H3,(H,15,16). The Morgan fingerprint density at radius 1 is 1.38 bits per heavy atom. The SMILES string of the molecule is CN(CC(C)(C)C)c1ncc(C(=O)O)cn1. The number of hydrogen-bond donors (Lipinski definition) is 1. The Balaban J connectivity index is 2.78. The van der Waals surface area contributed by atoms with Gasteiger partial charge in [0.2, 0.25) is 5.95 Å². The highest BCUT2D eigenvalue weighted by Crippen LogP contribution is 2.17. The van der Waals surface area contributed by atoms with Gasteiger partial charge in [-0.1, -0.05) is 20.8 Å². The van der Waals surface area contributed by atoms with Crippen LogP contribution in [0.5, 0.6) is 0 Å². The van der Waals surface area contributed by atoms with Crippen molar-refractivity contribution in [3.05, 3.63) is 18.0 Å². The van der Waals surface area contributed by atoms with E-state index >= 15 is 0 Å². The zero-order chi connectivity index (χ0) is 12.3. The summed E-state index contributed by atoms with van der Waals surface area (Å²) in [4.78, 5) is 20.6. The number of carbonyl (C=O) groups is 1. The number of nitrogens with zero attached hydrogens (tertiary/aromatic N) is 3. The lowest BCUT2D eigenvalue weighted by molar-refractivity contribution is 0.0696. The average molecular weight is 223 g/mol. The van der Waals surface area contributed by atoms with Crippen LogP contribution in [-0.2, 0) is 0 Å². The second kappa shape index (κ2) is 4.47. The Hall–Kier alpha value is -1.65. The maximum absolute atomic E-state index is 10.6. The van der Waals surface area contributed by atoms with Crippen LogP contribution in [0, 0.1) is 5.41 Å². The van der Waals surface area contributed by atoms with Crippen LogP contribution >= 0.6 is 0 Å². The van der Waals surface area contributed by atoms with Crippen LogP contribution in [0.2, 0.25) is 0 Å². The van der Waals surface area contributed by atoms with Gasteiger partial charge in [0.15, 0.2) is 0 Å². The molecule has 5 nitrogen and oxygen atoms in total. The maximum atomic E-state index is 10.6. The number of carboxylic acid groups (broad SMARTS) is 1. The monoisotopic (exact) mass is 223 g/mol. The zero-order valence-corrected chi connectivity index (χ0v) is 10.1. The van der Waals surface area contributed by atoms with Crippen LogP contribution in [-0.4, -0.2) is 34.6 Å². The summed E-state index contributed by atoms with van der Waals surface area (Å²) in [6, 6.07) is 0. The molecule has 16 heavy (non-hydrogen) atoms. The summed E-state index contributed by atoms with van der Waals surface area (Å²) in [5, 5.41) is 8.71. The van der Waals surface area contributed by atoms with Crippen molar-refractivity contribution in [2.75, 3.05) is 18.5 Å². The predicted octanol–water partition coefficient (Wildman–Crippen LogP) is 1.66. The van der Waals surface area contributed by atoms with E-state index in [1.165, 1.54) is 12.4 Å². The number of rotatable bonds is 3. The molecule has 0 saturated carbocycles. The lowest BCUT2D eigenvalue weighted by Crippen LogP contribution is -2.30. The number of aromatic carboxylic acids is 1. The van der Waals surface area contributed by atoms with Gasteiger partial charge in [-0.15, -0.1) is 0 Å². The van der Waals surface area contributed by atoms with Gasteiger partial charge in [-0.3, -0.25) is 0 Å². The van der Waals surface area contributed by atoms with Crippen LogP contribution in [0.4, 0.5) is 5.95 Å². The van der Waals surface area contributed by atoms with E-state index in [1.54, 1.807) is 0 Å². The summed E-state index contributed by atoms with van der Waals surface area (Å²) in [7, 11) is 1.89. The third-order valence-corrected chi connectivity index (χ3v) is 1.94. The Bertz CT molecular complexity index is 368. The molecule has 0 aliphatic heterocycles. The van der Waals surface area contributed by atoms with Crippen molar-refractivity contribution in [3.8, 4) is 0 Å². The number of aromatic nitrogens is 2. The van der Waals surface area contributed by atoms with Crippen molar-refractivity contribution >= 4 is 11.9 Å². The Labute approximate surface area is 95.1 Å². The highest BCUT2D eigenvalue weighted by molar-refractivity contribution is 5.86. The molecule has 0 unspecified atom stereocenters. The second-order valence-electron chi connectivity index (χ2n) is 4.99. The molecule has 0 bridgehead atoms. The van der Waals surface area contributed by atoms with Crippen molar-refractivity contribution in [2.24, 2.45) is 5.41 Å². The molecule has 0 amide bonds. The van der Waals surface area contributed by atoms with Gasteiger partial charge in [0.25, 0.3) is 0 Å². The molecular weight excluding hydrogens is 206 g/mol. The summed E-state index contributed by atoms with van der Waals surface area (Å²) in [5.41, 5.74) is 0.247. The van der Waals surface area contributed by atoms with Gasteiger partial charge >= 0.3 is 5.97 Å². The molecule has 5 heteroatoms. The van der Waals surface area contributed by atoms with E-state index in [0.717, 1.165) is 6.54 Å². The molecule has 0 aliphatic rings. The average Bonchev–Trinajstić information content (AvgIpc) is 2.15. The number of hydrogen-bond acceptors (Lipinski definition) is 4. The van der Waals surface area contributed by atoms with Crippen molar-refractivity contribution in [1.29, 1.82) is 0 Å². The molecule has 1 aromatic heterocycles. The lowest BCUT2D eigenvalue weighted by atomic mass is 9.96. The minimum atomic E-state index is -1.01. The highest BCUT2D eigenvalue weighted by Gasteiger charge is 2.15. The second-order valence-corrected chi connectivity index (χ2v) is 4.99. The first-order valence-corrected chi connectivity index (χ1v) is 5.06. The molecule has 0 aromatic carbocycles. The smallest absolute Gasteiger partial charge is 0.338 e. The van der Waals surface area contributed by atoms with Crippen LogP contribution < -0.4 is 4.90 Å². The molecule has 0 aliphatic carbocycles. The fourth-order valence-electron chi connectivity index (χ4n) is 1.41. The first-order valence-electron chi connectivity index (χ1n) is 5.06. The third-order valence-electron chi connectivity index (χ3n) is 1.94. The quantitative estimate of drug-likeness (QED) is 0.844. The van der Waals surface area contributed by atoms with E-state index in [9.17, 15) is 4.79 Å². The summed E-state index contributed by atoms with van der Waals surface area (Å²) >= 11 is 0. The minimum absolute atomic E-state index is 0.105. The van der Waals surface area contributed by atoms with E-state index < -0.39 is 5.97 Å². The highest BCUT2D eigenvalue weighted by atomic mass is 16.4. The molecule has 1 rings (SSSR count). The molecule has 88 valence electrons. The van der Waals surface area contributed by atoms with Crippen molar-refractivity contribution in [1.82, 2.24) is 9.97 Å². The Morgan fingerprint density at radius 3 is 2.25 bits per heavy atom. The van der Waals surface area contributed by atoms with E-state index in [2.05, 4.69) is 30.7 Å². The molecule has 0 saturated heterocycles. The van der Waals surface area contributed by atoms with Crippen molar-refractivity contribution < 1.29 is 9.90 Å². The lowest BCUT2D eigenvalue weighted by Gasteiger charge is -2.26. The van der Waals surface area contributed by atoms with E-state index in [1.807, 2.05) is 11.9 Å². The maximum Gasteiger partial charge on any atom is 0.338 e. The van der Waals surface area contributed by atoms with Gasteiger partial charge < -0.3 is 10.0 Å². The van der Waals surface area contributed by atoms with Gasteiger partial charge in [0.1, 0.15) is 0 Å². The largest absolute Gasteiger partial charge is 0.478 e. The topological polar surface area (TPSA) is 66.3 Å². The van der Waals surface area contributed by atoms with Crippen molar-refractivity contribution in [3.63, 3.8) is 0 Å². The fraction of sp³-hybridized carbons (Fsp3) is 0.545. The molecule has 0 spiro atoms. The van der Waals surface area contributed by atoms with Gasteiger partial charge in [0.05, 0.1) is 5.56 Å². The minimum Gasteiger partial charge on any atom is -0.478 e. The predicted molar refractivity (Wildman–Crippen MR) is 61.7 cm³/mol. The van der Waals surface area contributed by atoms with E-state index in [0.29, 0.717) is 5.95 Å². The van der Waals surface area contributed by atoms with E-state index in [4.69, 9.17) is 5.11 Å². The fourth-order valence-corrected chi connectivity index (χ4v) is 1.41. The Kier molecular flexibility index (Phi) is 3.47. The third kappa shape index (κ3) is 3.49. The van der Waals surface area contributed by atoms with Gasteiger partial charge in [-0.2, -0.15) is 0 Å². The first-order chi connectivity index (χ1) is 7.29. The molecular formula is C11H17N3O2. The van der Waals surface area contributed by atoms with Gasteiger partial charge in [-0.05, 0) is 5.41 Å². The van der Waals surface area contributed by atoms with Crippen molar-refractivity contribution in [2.45, 2.75) is 20.8 Å². The van der Waals surface area contributed by atoms with Gasteiger partial charge in [-0.25, -0.2) is 14.8 Å². The summed E-state index contributed by atoms with van der Waals surface area (Å²) in [6.45, 7) is 7.17. The summed E-state index contributed by atoms with van der Waals surface area (Å²) in [5.74, 6) is -0.468. The van der Waals surface area contributed by atoms with Crippen LogP contribution in [0.15, 0.2) is 12.4 Å². The summed E-state index contributed by atoms with van der Waals surface area (Å²) in [6.07, 6.45) is 2.65. The molecule has 1 heterocycles. The molecule has 1 aromatic rings. The molecule has 0 atom stereocenters. The normalized spacial score (nSPS) is 11.2. The van der Waals surface area contributed by atoms with Gasteiger partial charge in [0, 0.05) is 26.0 Å². The molecule has 0 radical (unpaired) electrons. The van der Waals surface area contributed by atoms with Crippen LogP contribution in [0.3, 0.4) is 0 Å².